The zero-order valence-corrected chi connectivity index (χ0v) is 20.8. The van der Waals surface area contributed by atoms with E-state index in [0.29, 0.717) is 12.5 Å². The first-order valence-corrected chi connectivity index (χ1v) is 13.1. The minimum Gasteiger partial charge on any atom is -0.494 e. The Morgan fingerprint density at radius 3 is 2.61 bits per heavy atom. The van der Waals surface area contributed by atoms with Crippen molar-refractivity contribution >= 4 is 33.3 Å². The molecule has 0 saturated carbocycles. The quantitative estimate of drug-likeness (QED) is 0.314. The van der Waals surface area contributed by atoms with E-state index in [-0.39, 0.29) is 11.0 Å². The van der Waals surface area contributed by atoms with Gasteiger partial charge in [0.15, 0.2) is 5.16 Å². The van der Waals surface area contributed by atoms with Crippen LogP contribution in [0.25, 0.3) is 15.9 Å². The summed E-state index contributed by atoms with van der Waals surface area (Å²) >= 11 is 3.40. The second kappa shape index (κ2) is 8.99. The molecule has 1 aliphatic carbocycles. The molecule has 2 heterocycles. The van der Waals surface area contributed by atoms with Crippen LogP contribution in [-0.2, 0) is 12.8 Å². The molecule has 31 heavy (non-hydrogen) atoms. The number of rotatable bonds is 6. The summed E-state index contributed by atoms with van der Waals surface area (Å²) in [5.74, 6) is 2.40. The molecule has 1 unspecified atom stereocenters. The van der Waals surface area contributed by atoms with Crippen molar-refractivity contribution in [2.75, 3.05) is 12.4 Å². The Balaban J connectivity index is 1.85. The number of aromatic nitrogens is 2. The summed E-state index contributed by atoms with van der Waals surface area (Å²) in [6.45, 7) is 11.7. The van der Waals surface area contributed by atoms with Crippen LogP contribution < -0.4 is 10.3 Å². The Morgan fingerprint density at radius 2 is 1.97 bits per heavy atom. The van der Waals surface area contributed by atoms with Gasteiger partial charge in [0.25, 0.3) is 5.56 Å². The maximum atomic E-state index is 13.8. The Bertz CT molecular complexity index is 1120. The van der Waals surface area contributed by atoms with Gasteiger partial charge in [0.1, 0.15) is 10.6 Å². The zero-order chi connectivity index (χ0) is 22.2. The fraction of sp³-hybridized carbons (Fsp3) is 0.520. The fourth-order valence-electron chi connectivity index (χ4n) is 4.32. The lowest BCUT2D eigenvalue weighted by atomic mass is 9.72. The first kappa shape index (κ1) is 22.4. The molecule has 0 spiro atoms. The van der Waals surface area contributed by atoms with Gasteiger partial charge in [-0.05, 0) is 73.8 Å². The second-order valence-corrected chi connectivity index (χ2v) is 11.4. The number of thiophene rings is 1. The number of aryl methyl sites for hydroxylation is 1. The zero-order valence-electron chi connectivity index (χ0n) is 19.2. The van der Waals surface area contributed by atoms with Crippen LogP contribution in [-0.4, -0.2) is 21.9 Å². The molecule has 4 nitrogen and oxygen atoms in total. The lowest BCUT2D eigenvalue weighted by molar-refractivity contribution is 0.218. The van der Waals surface area contributed by atoms with Gasteiger partial charge in [0.05, 0.1) is 17.7 Å². The highest BCUT2D eigenvalue weighted by molar-refractivity contribution is 7.99. The smallest absolute Gasteiger partial charge is 0.267 e. The normalized spacial score (nSPS) is 16.5. The molecule has 0 radical (unpaired) electrons. The molecule has 3 aromatic rings. The number of thioether (sulfide) groups is 1. The third kappa shape index (κ3) is 4.42. The van der Waals surface area contributed by atoms with Gasteiger partial charge in [-0.3, -0.25) is 9.36 Å². The van der Waals surface area contributed by atoms with E-state index >= 15 is 0 Å². The van der Waals surface area contributed by atoms with Crippen LogP contribution in [0.4, 0.5) is 0 Å². The third-order valence-electron chi connectivity index (χ3n) is 6.12. The predicted octanol–water partition coefficient (Wildman–Crippen LogP) is 6.50. The Kier molecular flexibility index (Phi) is 6.50. The molecular weight excluding hydrogens is 424 g/mol. The monoisotopic (exact) mass is 456 g/mol. The van der Waals surface area contributed by atoms with E-state index in [0.717, 1.165) is 58.2 Å². The van der Waals surface area contributed by atoms with E-state index in [4.69, 9.17) is 9.72 Å². The molecule has 0 saturated heterocycles. The van der Waals surface area contributed by atoms with Crippen LogP contribution in [0.3, 0.4) is 0 Å². The van der Waals surface area contributed by atoms with E-state index in [1.165, 1.54) is 10.4 Å². The minimum atomic E-state index is 0.0690. The maximum Gasteiger partial charge on any atom is 0.267 e. The van der Waals surface area contributed by atoms with Crippen molar-refractivity contribution in [1.82, 2.24) is 9.55 Å². The molecule has 0 amide bonds. The van der Waals surface area contributed by atoms with Gasteiger partial charge >= 0.3 is 0 Å². The lowest BCUT2D eigenvalue weighted by Gasteiger charge is -2.33. The summed E-state index contributed by atoms with van der Waals surface area (Å²) in [5, 5.41) is 1.62. The number of hydrogen-bond acceptors (Lipinski definition) is 5. The molecule has 0 bridgehead atoms. The topological polar surface area (TPSA) is 44.1 Å². The van der Waals surface area contributed by atoms with Crippen LogP contribution >= 0.6 is 23.1 Å². The van der Waals surface area contributed by atoms with Crippen molar-refractivity contribution < 1.29 is 4.74 Å². The van der Waals surface area contributed by atoms with Crippen LogP contribution in [0.15, 0.2) is 34.2 Å². The van der Waals surface area contributed by atoms with Gasteiger partial charge in [0.2, 0.25) is 0 Å². The maximum absolute atomic E-state index is 13.8. The highest BCUT2D eigenvalue weighted by Gasteiger charge is 2.32. The molecule has 166 valence electrons. The van der Waals surface area contributed by atoms with Crippen LogP contribution in [0.5, 0.6) is 5.75 Å². The predicted molar refractivity (Wildman–Crippen MR) is 132 cm³/mol. The largest absolute Gasteiger partial charge is 0.494 e. The molecule has 0 N–H and O–H groups in total. The summed E-state index contributed by atoms with van der Waals surface area (Å²) in [6.07, 6.45) is 4.20. The summed E-state index contributed by atoms with van der Waals surface area (Å²) in [5.41, 5.74) is 2.44. The molecular formula is C25H32N2O2S2. The lowest BCUT2D eigenvalue weighted by Crippen LogP contribution is -2.27. The number of ether oxygens (including phenoxy) is 1. The highest BCUT2D eigenvalue weighted by Crippen LogP contribution is 2.42. The van der Waals surface area contributed by atoms with Gasteiger partial charge in [-0.2, -0.15) is 0 Å². The van der Waals surface area contributed by atoms with E-state index in [9.17, 15) is 4.79 Å². The van der Waals surface area contributed by atoms with E-state index < -0.39 is 0 Å². The number of benzene rings is 1. The molecule has 1 atom stereocenters. The van der Waals surface area contributed by atoms with Crippen LogP contribution in [0.1, 0.15) is 57.9 Å². The average Bonchev–Trinajstić information content (AvgIpc) is 3.10. The summed E-state index contributed by atoms with van der Waals surface area (Å²) in [7, 11) is 0. The number of hydrogen-bond donors (Lipinski definition) is 0. The van der Waals surface area contributed by atoms with Gasteiger partial charge in [-0.25, -0.2) is 4.98 Å². The van der Waals surface area contributed by atoms with E-state index in [1.807, 2.05) is 31.2 Å². The highest BCUT2D eigenvalue weighted by atomic mass is 32.2. The second-order valence-electron chi connectivity index (χ2n) is 9.30. The molecule has 4 rings (SSSR count). The van der Waals surface area contributed by atoms with Crippen molar-refractivity contribution in [1.29, 1.82) is 0 Å². The molecule has 1 aliphatic rings. The molecule has 1 aromatic carbocycles. The van der Waals surface area contributed by atoms with Gasteiger partial charge < -0.3 is 4.74 Å². The van der Waals surface area contributed by atoms with Crippen LogP contribution in [0.2, 0.25) is 0 Å². The summed E-state index contributed by atoms with van der Waals surface area (Å²) < 4.78 is 7.39. The summed E-state index contributed by atoms with van der Waals surface area (Å²) in [6, 6.07) is 7.79. The Labute approximate surface area is 193 Å². The van der Waals surface area contributed by atoms with Crippen molar-refractivity contribution in [2.24, 2.45) is 11.3 Å². The fourth-order valence-corrected chi connectivity index (χ4v) is 6.53. The van der Waals surface area contributed by atoms with Gasteiger partial charge in [0, 0.05) is 10.6 Å². The van der Waals surface area contributed by atoms with Crippen molar-refractivity contribution in [3.8, 4) is 11.4 Å². The molecule has 2 aromatic heterocycles. The standard InChI is InChI=1S/C25H32N2O2S2/c1-6-14-30-24-26-22-21(19-13-8-16(25(3,4)5)15-20(19)31-22)23(28)27(24)17-9-11-18(12-10-17)29-7-2/h9-12,16H,6-8,13-15H2,1-5H3. The van der Waals surface area contributed by atoms with E-state index in [1.54, 1.807) is 27.7 Å². The van der Waals surface area contributed by atoms with Crippen molar-refractivity contribution in [3.05, 3.63) is 45.1 Å². The van der Waals surface area contributed by atoms with Crippen molar-refractivity contribution in [3.63, 3.8) is 0 Å². The molecule has 0 fully saturated rings. The number of fused-ring (bicyclic) bond motifs is 3. The van der Waals surface area contributed by atoms with Crippen molar-refractivity contribution in [2.45, 2.75) is 65.5 Å². The summed E-state index contributed by atoms with van der Waals surface area (Å²) in [4.78, 5) is 21.1. The first-order chi connectivity index (χ1) is 14.8. The van der Waals surface area contributed by atoms with Crippen LogP contribution in [0, 0.1) is 11.3 Å². The molecule has 0 aliphatic heterocycles. The Morgan fingerprint density at radius 1 is 1.23 bits per heavy atom. The van der Waals surface area contributed by atoms with E-state index in [2.05, 4.69) is 27.7 Å². The number of nitrogens with zero attached hydrogens (tertiary/aromatic N) is 2. The Hall–Kier alpha value is -1.79. The SMILES string of the molecule is CCCSc1nc2sc3c(c2c(=O)n1-c1ccc(OCC)cc1)CCC(C(C)(C)C)C3. The first-order valence-electron chi connectivity index (χ1n) is 11.3. The average molecular weight is 457 g/mol. The van der Waals surface area contributed by atoms with Gasteiger partial charge in [-0.1, -0.05) is 39.5 Å². The molecule has 6 heteroatoms. The van der Waals surface area contributed by atoms with Gasteiger partial charge in [-0.15, -0.1) is 11.3 Å². The third-order valence-corrected chi connectivity index (χ3v) is 8.41. The minimum absolute atomic E-state index is 0.0690.